The van der Waals surface area contributed by atoms with E-state index in [1.807, 2.05) is 54.9 Å². The number of ether oxygens (including phenoxy) is 1. The van der Waals surface area contributed by atoms with Crippen LogP contribution in [-0.4, -0.2) is 38.8 Å². The maximum atomic E-state index is 12.1. The number of aliphatic hydroxyl groups is 1. The van der Waals surface area contributed by atoms with Gasteiger partial charge in [0.05, 0.1) is 42.2 Å². The molecule has 37 heavy (non-hydrogen) atoms. The normalized spacial score (nSPS) is 11.6. The van der Waals surface area contributed by atoms with E-state index in [9.17, 15) is 9.90 Å². The number of hydrogen-bond acceptors (Lipinski definition) is 8. The summed E-state index contributed by atoms with van der Waals surface area (Å²) in [6.45, 7) is 3.07. The minimum Gasteiger partial charge on any atom is -0.466 e. The number of benzene rings is 2. The Morgan fingerprint density at radius 2 is 2.03 bits per heavy atom. The number of aliphatic hydroxyl groups excluding tert-OH is 1. The molecule has 0 amide bonds. The van der Waals surface area contributed by atoms with E-state index in [2.05, 4.69) is 16.4 Å². The van der Waals surface area contributed by atoms with Gasteiger partial charge in [0.15, 0.2) is 6.23 Å². The summed E-state index contributed by atoms with van der Waals surface area (Å²) in [7, 11) is 1.95. The minimum absolute atomic E-state index is 0.130. The zero-order valence-electron chi connectivity index (χ0n) is 21.0. The summed E-state index contributed by atoms with van der Waals surface area (Å²) >= 11 is 0. The molecule has 0 aliphatic carbocycles. The van der Waals surface area contributed by atoms with Gasteiger partial charge in [0, 0.05) is 31.0 Å². The predicted octanol–water partition coefficient (Wildman–Crippen LogP) is 4.29. The van der Waals surface area contributed by atoms with Crippen LogP contribution in [-0.2, 0) is 23.1 Å². The van der Waals surface area contributed by atoms with Gasteiger partial charge in [-0.3, -0.25) is 4.79 Å². The number of carbonyl (C=O) groups excluding carboxylic acids is 1. The summed E-state index contributed by atoms with van der Waals surface area (Å²) in [4.78, 5) is 23.0. The Kier molecular flexibility index (Phi) is 8.33. The van der Waals surface area contributed by atoms with E-state index < -0.39 is 6.23 Å². The third-order valence-electron chi connectivity index (χ3n) is 6.02. The Labute approximate surface area is 216 Å². The van der Waals surface area contributed by atoms with Crippen molar-refractivity contribution in [1.82, 2.24) is 14.5 Å². The molecule has 2 N–H and O–H groups in total. The Hall–Kier alpha value is -4.42. The van der Waals surface area contributed by atoms with Gasteiger partial charge in [-0.25, -0.2) is 9.97 Å². The molecule has 0 saturated heterocycles. The molecular weight excluding hydrogens is 468 g/mol. The summed E-state index contributed by atoms with van der Waals surface area (Å²) in [6, 6.07) is 20.5. The topological polar surface area (TPSA) is 116 Å². The molecule has 2 aromatic heterocycles. The quantitative estimate of drug-likeness (QED) is 0.232. The van der Waals surface area contributed by atoms with Crippen LogP contribution in [0.2, 0.25) is 0 Å². The number of esters is 1. The molecule has 190 valence electrons. The van der Waals surface area contributed by atoms with Crippen LogP contribution >= 0.6 is 0 Å². The van der Waals surface area contributed by atoms with E-state index in [1.54, 1.807) is 35.4 Å². The molecule has 0 aliphatic rings. The van der Waals surface area contributed by atoms with Gasteiger partial charge in [0.1, 0.15) is 11.6 Å². The highest BCUT2D eigenvalue weighted by Crippen LogP contribution is 2.27. The lowest BCUT2D eigenvalue weighted by Gasteiger charge is -2.29. The van der Waals surface area contributed by atoms with Crippen LogP contribution in [0.5, 0.6) is 0 Å². The summed E-state index contributed by atoms with van der Waals surface area (Å²) in [6.07, 6.45) is 1.51. The fourth-order valence-corrected chi connectivity index (χ4v) is 3.99. The van der Waals surface area contributed by atoms with E-state index in [4.69, 9.17) is 15.0 Å². The van der Waals surface area contributed by atoms with Crippen molar-refractivity contribution in [2.75, 3.05) is 23.4 Å². The number of hydrogen-bond donors (Lipinski definition) is 2. The van der Waals surface area contributed by atoms with Crippen molar-refractivity contribution in [1.29, 1.82) is 5.26 Å². The summed E-state index contributed by atoms with van der Waals surface area (Å²) in [5.41, 5.74) is 3.83. The first-order chi connectivity index (χ1) is 18.0. The smallest absolute Gasteiger partial charge is 0.307 e. The van der Waals surface area contributed by atoms with Crippen molar-refractivity contribution in [3.8, 4) is 6.07 Å². The molecule has 0 aliphatic heterocycles. The standard InChI is InChI=1S/C28H30N6O3/c1-3-16-37-27(35)13-15-34(25-6-4-5-14-30-25)28(36)21-9-12-24-23(17-21)32-26(33(24)2)19-31-22-10-7-20(18-29)8-11-22/h4-12,14,17,28,31,36H,3,13,15-16,19H2,1-2H3. The molecule has 9 heteroatoms. The first-order valence-corrected chi connectivity index (χ1v) is 12.2. The number of rotatable bonds is 11. The lowest BCUT2D eigenvalue weighted by molar-refractivity contribution is -0.143. The van der Waals surface area contributed by atoms with Gasteiger partial charge in [0.25, 0.3) is 0 Å². The van der Waals surface area contributed by atoms with Gasteiger partial charge < -0.3 is 24.6 Å². The largest absolute Gasteiger partial charge is 0.466 e. The summed E-state index contributed by atoms with van der Waals surface area (Å²) in [5.74, 6) is 1.08. The van der Waals surface area contributed by atoms with Crippen LogP contribution in [0, 0.1) is 11.3 Å². The van der Waals surface area contributed by atoms with Gasteiger partial charge in [-0.1, -0.05) is 19.1 Å². The van der Waals surface area contributed by atoms with Crippen LogP contribution in [0.3, 0.4) is 0 Å². The summed E-state index contributed by atoms with van der Waals surface area (Å²) < 4.78 is 7.20. The highest BCUT2D eigenvalue weighted by Gasteiger charge is 2.22. The van der Waals surface area contributed by atoms with Crippen molar-refractivity contribution < 1.29 is 14.6 Å². The Bertz CT molecular complexity index is 1380. The van der Waals surface area contributed by atoms with Crippen LogP contribution in [0.15, 0.2) is 66.9 Å². The molecule has 4 rings (SSSR count). The molecular formula is C28H30N6O3. The first kappa shape index (κ1) is 25.7. The first-order valence-electron chi connectivity index (χ1n) is 12.2. The van der Waals surface area contributed by atoms with E-state index in [-0.39, 0.29) is 18.9 Å². The van der Waals surface area contributed by atoms with Crippen molar-refractivity contribution >= 4 is 28.5 Å². The number of nitrogens with zero attached hydrogens (tertiary/aromatic N) is 5. The van der Waals surface area contributed by atoms with Crippen LogP contribution in [0.25, 0.3) is 11.0 Å². The van der Waals surface area contributed by atoms with Crippen LogP contribution in [0.1, 0.15) is 42.9 Å². The molecule has 1 atom stereocenters. The molecule has 0 saturated carbocycles. The van der Waals surface area contributed by atoms with Crippen molar-refractivity contribution in [3.63, 3.8) is 0 Å². The fourth-order valence-electron chi connectivity index (χ4n) is 3.99. The number of carbonyl (C=O) groups is 1. The second-order valence-corrected chi connectivity index (χ2v) is 8.60. The molecule has 0 fully saturated rings. The lowest BCUT2D eigenvalue weighted by atomic mass is 10.1. The second-order valence-electron chi connectivity index (χ2n) is 8.60. The molecule has 2 heterocycles. The van der Waals surface area contributed by atoms with E-state index >= 15 is 0 Å². The number of anilines is 2. The molecule has 2 aromatic carbocycles. The molecule has 9 nitrogen and oxygen atoms in total. The number of imidazole rings is 1. The maximum Gasteiger partial charge on any atom is 0.307 e. The maximum absolute atomic E-state index is 12.1. The van der Waals surface area contributed by atoms with Crippen molar-refractivity contribution in [3.05, 3.63) is 83.8 Å². The summed E-state index contributed by atoms with van der Waals surface area (Å²) in [5, 5.41) is 23.6. The molecule has 0 bridgehead atoms. The zero-order valence-corrected chi connectivity index (χ0v) is 21.0. The molecule has 1 unspecified atom stereocenters. The van der Waals surface area contributed by atoms with E-state index in [0.29, 0.717) is 30.1 Å². The van der Waals surface area contributed by atoms with Gasteiger partial charge in [-0.2, -0.15) is 5.26 Å². The van der Waals surface area contributed by atoms with Crippen LogP contribution in [0.4, 0.5) is 11.5 Å². The average Bonchev–Trinajstić information content (AvgIpc) is 3.26. The number of pyridine rings is 1. The van der Waals surface area contributed by atoms with E-state index in [1.165, 1.54) is 0 Å². The number of aryl methyl sites for hydroxylation is 1. The SMILES string of the molecule is CCCOC(=O)CCN(c1ccccn1)C(O)c1ccc2c(c1)nc(CNc1ccc(C#N)cc1)n2C. The van der Waals surface area contributed by atoms with Gasteiger partial charge in [-0.15, -0.1) is 0 Å². The third kappa shape index (κ3) is 6.23. The number of aromatic nitrogens is 3. The Morgan fingerprint density at radius 1 is 1.22 bits per heavy atom. The van der Waals surface area contributed by atoms with E-state index in [0.717, 1.165) is 29.0 Å². The zero-order chi connectivity index (χ0) is 26.2. The monoisotopic (exact) mass is 498 g/mol. The number of nitrogens with one attached hydrogen (secondary N) is 1. The van der Waals surface area contributed by atoms with Crippen LogP contribution < -0.4 is 10.2 Å². The van der Waals surface area contributed by atoms with Crippen molar-refractivity contribution in [2.45, 2.75) is 32.5 Å². The molecule has 0 radical (unpaired) electrons. The van der Waals surface area contributed by atoms with Gasteiger partial charge in [-0.05, 0) is 55.0 Å². The predicted molar refractivity (Wildman–Crippen MR) is 142 cm³/mol. The van der Waals surface area contributed by atoms with Crippen molar-refractivity contribution in [2.24, 2.45) is 7.05 Å². The van der Waals surface area contributed by atoms with Gasteiger partial charge in [0.2, 0.25) is 0 Å². The average molecular weight is 499 g/mol. The van der Waals surface area contributed by atoms with Gasteiger partial charge >= 0.3 is 5.97 Å². The highest BCUT2D eigenvalue weighted by molar-refractivity contribution is 5.77. The lowest BCUT2D eigenvalue weighted by Crippen LogP contribution is -2.32. The Morgan fingerprint density at radius 3 is 2.73 bits per heavy atom. The highest BCUT2D eigenvalue weighted by atomic mass is 16.5. The fraction of sp³-hybridized carbons (Fsp3) is 0.286. The minimum atomic E-state index is -1.03. The number of fused-ring (bicyclic) bond motifs is 1. The molecule has 4 aromatic rings. The third-order valence-corrected chi connectivity index (χ3v) is 6.02. The Balaban J connectivity index is 1.53. The number of nitriles is 1. The second kappa shape index (κ2) is 12.0. The molecule has 0 spiro atoms.